The summed E-state index contributed by atoms with van der Waals surface area (Å²) < 4.78 is 0. The van der Waals surface area contributed by atoms with E-state index in [1.54, 1.807) is 0 Å². The van der Waals surface area contributed by atoms with Crippen LogP contribution in [-0.2, 0) is 6.54 Å². The van der Waals surface area contributed by atoms with Crippen LogP contribution in [0.15, 0.2) is 71.8 Å². The van der Waals surface area contributed by atoms with E-state index in [1.165, 1.54) is 16.3 Å². The molecule has 0 aromatic heterocycles. The van der Waals surface area contributed by atoms with E-state index in [1.807, 2.05) is 24.3 Å². The Labute approximate surface area is 165 Å². The molecule has 0 spiro atoms. The largest absolute Gasteiger partial charge is 0.295 e. The lowest BCUT2D eigenvalue weighted by Crippen LogP contribution is -2.43. The average molecular weight is 378 g/mol. The number of fused-ring (bicyclic) bond motifs is 1. The van der Waals surface area contributed by atoms with Gasteiger partial charge in [0.05, 0.1) is 5.71 Å². The second kappa shape index (κ2) is 8.12. The van der Waals surface area contributed by atoms with Crippen molar-refractivity contribution in [1.82, 2.24) is 9.91 Å². The second-order valence-electron chi connectivity index (χ2n) is 7.06. The van der Waals surface area contributed by atoms with Gasteiger partial charge in [0.2, 0.25) is 0 Å². The van der Waals surface area contributed by atoms with Gasteiger partial charge >= 0.3 is 0 Å². The lowest BCUT2D eigenvalue weighted by Gasteiger charge is -2.33. The molecule has 1 saturated heterocycles. The predicted octanol–water partition coefficient (Wildman–Crippen LogP) is 5.04. The van der Waals surface area contributed by atoms with E-state index in [-0.39, 0.29) is 0 Å². The first-order valence-corrected chi connectivity index (χ1v) is 9.82. The maximum atomic E-state index is 5.97. The fourth-order valence-electron chi connectivity index (χ4n) is 3.63. The van der Waals surface area contributed by atoms with Crippen LogP contribution in [0.3, 0.4) is 0 Å². The second-order valence-corrected chi connectivity index (χ2v) is 7.50. The van der Waals surface area contributed by atoms with Gasteiger partial charge in [-0.1, -0.05) is 66.2 Å². The molecule has 1 aliphatic rings. The fourth-order valence-corrected chi connectivity index (χ4v) is 3.75. The van der Waals surface area contributed by atoms with Gasteiger partial charge in [0.15, 0.2) is 0 Å². The standard InChI is InChI=1S/C23H24ClN3/c1-18(19-9-11-22(24)12-10-19)25-27-15-13-26(14-16-27)17-21-7-4-6-20-5-2-3-8-23(20)21/h2-12H,13-17H2,1H3. The Balaban J connectivity index is 1.39. The lowest BCUT2D eigenvalue weighted by molar-refractivity contribution is 0.131. The van der Waals surface area contributed by atoms with E-state index in [4.69, 9.17) is 16.7 Å². The summed E-state index contributed by atoms with van der Waals surface area (Å²) in [6.07, 6.45) is 0. The van der Waals surface area contributed by atoms with Gasteiger partial charge in [-0.15, -0.1) is 0 Å². The van der Waals surface area contributed by atoms with E-state index in [0.717, 1.165) is 49.0 Å². The number of benzene rings is 3. The van der Waals surface area contributed by atoms with Gasteiger partial charge < -0.3 is 0 Å². The van der Waals surface area contributed by atoms with Crippen molar-refractivity contribution in [1.29, 1.82) is 0 Å². The number of hydrogen-bond donors (Lipinski definition) is 0. The van der Waals surface area contributed by atoms with Crippen molar-refractivity contribution in [3.05, 3.63) is 82.9 Å². The van der Waals surface area contributed by atoms with Crippen LogP contribution < -0.4 is 0 Å². The Morgan fingerprint density at radius 1 is 0.889 bits per heavy atom. The fraction of sp³-hybridized carbons (Fsp3) is 0.261. The smallest absolute Gasteiger partial charge is 0.0646 e. The Kier molecular flexibility index (Phi) is 5.42. The molecule has 1 fully saturated rings. The number of hydrogen-bond acceptors (Lipinski definition) is 3. The molecule has 1 heterocycles. The summed E-state index contributed by atoms with van der Waals surface area (Å²) in [6, 6.07) is 23.1. The molecule has 3 nitrogen and oxygen atoms in total. The summed E-state index contributed by atoms with van der Waals surface area (Å²) in [5, 5.41) is 10.4. The zero-order chi connectivity index (χ0) is 18.6. The first kappa shape index (κ1) is 18.0. The minimum absolute atomic E-state index is 0.758. The van der Waals surface area contributed by atoms with Crippen LogP contribution in [0, 0.1) is 0 Å². The predicted molar refractivity (Wildman–Crippen MR) is 114 cm³/mol. The Bertz CT molecular complexity index is 936. The van der Waals surface area contributed by atoms with Crippen molar-refractivity contribution in [2.75, 3.05) is 26.2 Å². The van der Waals surface area contributed by atoms with Crippen LogP contribution in [0.2, 0.25) is 5.02 Å². The highest BCUT2D eigenvalue weighted by Gasteiger charge is 2.17. The third-order valence-corrected chi connectivity index (χ3v) is 5.43. The minimum Gasteiger partial charge on any atom is -0.295 e. The average Bonchev–Trinajstić information content (AvgIpc) is 2.70. The maximum Gasteiger partial charge on any atom is 0.0646 e. The molecular formula is C23H24ClN3. The van der Waals surface area contributed by atoms with Crippen molar-refractivity contribution >= 4 is 28.1 Å². The van der Waals surface area contributed by atoms with Gasteiger partial charge in [0, 0.05) is 37.7 Å². The van der Waals surface area contributed by atoms with Crippen LogP contribution in [-0.4, -0.2) is 41.8 Å². The Morgan fingerprint density at radius 2 is 1.59 bits per heavy atom. The van der Waals surface area contributed by atoms with Gasteiger partial charge in [0.1, 0.15) is 0 Å². The van der Waals surface area contributed by atoms with E-state index in [9.17, 15) is 0 Å². The Hall–Kier alpha value is -2.36. The quantitative estimate of drug-likeness (QED) is 0.593. The number of piperazine rings is 1. The molecule has 0 bridgehead atoms. The van der Waals surface area contributed by atoms with Crippen molar-refractivity contribution in [3.63, 3.8) is 0 Å². The molecule has 4 heteroatoms. The molecule has 0 aliphatic carbocycles. The summed E-state index contributed by atoms with van der Waals surface area (Å²) in [5.74, 6) is 0. The summed E-state index contributed by atoms with van der Waals surface area (Å²) in [5.41, 5.74) is 3.56. The molecule has 27 heavy (non-hydrogen) atoms. The topological polar surface area (TPSA) is 18.8 Å². The summed E-state index contributed by atoms with van der Waals surface area (Å²) in [6.45, 7) is 7.02. The molecule has 3 aromatic rings. The highest BCUT2D eigenvalue weighted by Crippen LogP contribution is 2.20. The SMILES string of the molecule is CC(=NN1CCN(Cc2cccc3ccccc23)CC1)c1ccc(Cl)cc1. The van der Waals surface area contributed by atoms with Crippen molar-refractivity contribution in [3.8, 4) is 0 Å². The highest BCUT2D eigenvalue weighted by atomic mass is 35.5. The van der Waals surface area contributed by atoms with Gasteiger partial charge in [0.25, 0.3) is 0 Å². The molecule has 4 rings (SSSR count). The molecular weight excluding hydrogens is 354 g/mol. The normalized spacial score (nSPS) is 16.1. The summed E-state index contributed by atoms with van der Waals surface area (Å²) in [4.78, 5) is 2.52. The van der Waals surface area contributed by atoms with Crippen molar-refractivity contribution in [2.24, 2.45) is 5.10 Å². The summed E-state index contributed by atoms with van der Waals surface area (Å²) >= 11 is 5.97. The van der Waals surface area contributed by atoms with Crippen LogP contribution in [0.4, 0.5) is 0 Å². The van der Waals surface area contributed by atoms with Crippen LogP contribution >= 0.6 is 11.6 Å². The molecule has 0 radical (unpaired) electrons. The zero-order valence-corrected chi connectivity index (χ0v) is 16.4. The van der Waals surface area contributed by atoms with Crippen LogP contribution in [0.5, 0.6) is 0 Å². The van der Waals surface area contributed by atoms with Crippen LogP contribution in [0.25, 0.3) is 10.8 Å². The molecule has 0 N–H and O–H groups in total. The molecule has 3 aromatic carbocycles. The van der Waals surface area contributed by atoms with Gasteiger partial charge in [-0.2, -0.15) is 5.10 Å². The first-order chi connectivity index (χ1) is 13.2. The van der Waals surface area contributed by atoms with Crippen molar-refractivity contribution < 1.29 is 0 Å². The molecule has 0 amide bonds. The lowest BCUT2D eigenvalue weighted by atomic mass is 10.0. The van der Waals surface area contributed by atoms with Gasteiger partial charge in [-0.25, -0.2) is 0 Å². The minimum atomic E-state index is 0.758. The third kappa shape index (κ3) is 4.32. The number of hydrazone groups is 1. The van der Waals surface area contributed by atoms with Crippen LogP contribution in [0.1, 0.15) is 18.1 Å². The molecule has 138 valence electrons. The van der Waals surface area contributed by atoms with Crippen molar-refractivity contribution in [2.45, 2.75) is 13.5 Å². The highest BCUT2D eigenvalue weighted by molar-refractivity contribution is 6.30. The number of halogens is 1. The first-order valence-electron chi connectivity index (χ1n) is 9.44. The number of rotatable bonds is 4. The maximum absolute atomic E-state index is 5.97. The van der Waals surface area contributed by atoms with Gasteiger partial charge in [-0.3, -0.25) is 9.91 Å². The third-order valence-electron chi connectivity index (χ3n) is 5.18. The van der Waals surface area contributed by atoms with E-state index < -0.39 is 0 Å². The zero-order valence-electron chi connectivity index (χ0n) is 15.6. The molecule has 0 unspecified atom stereocenters. The van der Waals surface area contributed by atoms with E-state index in [2.05, 4.69) is 59.3 Å². The molecule has 0 saturated carbocycles. The molecule has 1 aliphatic heterocycles. The van der Waals surface area contributed by atoms with Gasteiger partial charge in [-0.05, 0) is 41.0 Å². The Morgan fingerprint density at radius 3 is 2.37 bits per heavy atom. The summed E-state index contributed by atoms with van der Waals surface area (Å²) in [7, 11) is 0. The van der Waals surface area contributed by atoms with E-state index in [0.29, 0.717) is 0 Å². The van der Waals surface area contributed by atoms with E-state index >= 15 is 0 Å². The number of nitrogens with zero attached hydrogens (tertiary/aromatic N) is 3. The monoisotopic (exact) mass is 377 g/mol. The molecule has 0 atom stereocenters.